The number of aromatic nitrogens is 1. The molecule has 0 saturated heterocycles. The second-order valence-corrected chi connectivity index (χ2v) is 7.52. The van der Waals surface area contributed by atoms with Gasteiger partial charge in [-0.05, 0) is 48.5 Å². The summed E-state index contributed by atoms with van der Waals surface area (Å²) in [6.07, 6.45) is 0. The van der Waals surface area contributed by atoms with E-state index in [1.165, 1.54) is 0 Å². The van der Waals surface area contributed by atoms with Gasteiger partial charge in [-0.15, -0.1) is 0 Å². The molecule has 0 unspecified atom stereocenters. The van der Waals surface area contributed by atoms with Crippen LogP contribution in [0.2, 0.25) is 0 Å². The van der Waals surface area contributed by atoms with E-state index < -0.39 is 11.5 Å². The average Bonchev–Trinajstić information content (AvgIpc) is 2.86. The first-order valence-electron chi connectivity index (χ1n) is 11.1. The van der Waals surface area contributed by atoms with Crippen molar-refractivity contribution in [3.05, 3.63) is 82.1 Å². The molecule has 174 valence electrons. The summed E-state index contributed by atoms with van der Waals surface area (Å²) in [7, 11) is 1.59. The highest BCUT2D eigenvalue weighted by Crippen LogP contribution is 2.28. The highest BCUT2D eigenvalue weighted by molar-refractivity contribution is 5.94. The number of nitrogens with zero attached hydrogens (tertiary/aromatic N) is 1. The van der Waals surface area contributed by atoms with Crippen LogP contribution in [-0.2, 0) is 6.54 Å². The Kier molecular flexibility index (Phi) is 8.66. The summed E-state index contributed by atoms with van der Waals surface area (Å²) in [6.45, 7) is 7.87. The molecule has 2 N–H and O–H groups in total. The fraction of sp³-hybridized carbons (Fsp3) is 0.308. The number of amides is 1. The third kappa shape index (κ3) is 6.46. The van der Waals surface area contributed by atoms with Crippen LogP contribution in [-0.4, -0.2) is 49.1 Å². The smallest absolute Gasteiger partial charge is 0.261 e. The molecule has 0 aliphatic rings. The third-order valence-corrected chi connectivity index (χ3v) is 5.48. The summed E-state index contributed by atoms with van der Waals surface area (Å²) in [4.78, 5) is 30.1. The molecule has 33 heavy (non-hydrogen) atoms. The first-order valence-corrected chi connectivity index (χ1v) is 11.1. The SMILES string of the molecule is CCN(CC)CCOc1ccc(CNC(=O)c2ccc(-c3ccccc3)[nH]c2=O)cc1OC. The molecule has 2 aromatic carbocycles. The lowest BCUT2D eigenvalue weighted by molar-refractivity contribution is 0.0949. The van der Waals surface area contributed by atoms with Gasteiger partial charge in [-0.2, -0.15) is 0 Å². The van der Waals surface area contributed by atoms with E-state index >= 15 is 0 Å². The van der Waals surface area contributed by atoms with Gasteiger partial charge in [0.2, 0.25) is 0 Å². The molecule has 0 aliphatic carbocycles. The molecule has 1 amide bonds. The number of hydrogen-bond donors (Lipinski definition) is 2. The number of likely N-dealkylation sites (N-methyl/N-ethyl adjacent to an activating group) is 1. The predicted octanol–water partition coefficient (Wildman–Crippen LogP) is 3.70. The molecular formula is C26H31N3O4. The maximum Gasteiger partial charge on any atom is 0.261 e. The molecule has 3 aromatic rings. The van der Waals surface area contributed by atoms with Crippen LogP contribution < -0.4 is 20.3 Å². The second-order valence-electron chi connectivity index (χ2n) is 7.52. The first kappa shape index (κ1) is 24.1. The molecule has 0 bridgehead atoms. The van der Waals surface area contributed by atoms with Gasteiger partial charge in [-0.25, -0.2) is 0 Å². The largest absolute Gasteiger partial charge is 0.493 e. The van der Waals surface area contributed by atoms with Gasteiger partial charge in [0.1, 0.15) is 12.2 Å². The van der Waals surface area contributed by atoms with Crippen LogP contribution >= 0.6 is 0 Å². The molecule has 0 fully saturated rings. The zero-order chi connectivity index (χ0) is 23.6. The van der Waals surface area contributed by atoms with Crippen molar-refractivity contribution in [3.8, 4) is 22.8 Å². The Morgan fingerprint density at radius 1 is 1.00 bits per heavy atom. The molecular weight excluding hydrogens is 418 g/mol. The van der Waals surface area contributed by atoms with Crippen LogP contribution in [0.5, 0.6) is 11.5 Å². The Balaban J connectivity index is 1.61. The number of methoxy groups -OCH3 is 1. The van der Waals surface area contributed by atoms with Gasteiger partial charge >= 0.3 is 0 Å². The fourth-order valence-electron chi connectivity index (χ4n) is 3.48. The Morgan fingerprint density at radius 2 is 1.76 bits per heavy atom. The zero-order valence-electron chi connectivity index (χ0n) is 19.4. The van der Waals surface area contributed by atoms with E-state index in [-0.39, 0.29) is 12.1 Å². The van der Waals surface area contributed by atoms with Crippen molar-refractivity contribution in [3.63, 3.8) is 0 Å². The zero-order valence-corrected chi connectivity index (χ0v) is 19.4. The van der Waals surface area contributed by atoms with E-state index in [9.17, 15) is 9.59 Å². The van der Waals surface area contributed by atoms with E-state index in [1.54, 1.807) is 19.2 Å². The number of rotatable bonds is 11. The van der Waals surface area contributed by atoms with Crippen LogP contribution in [0.1, 0.15) is 29.8 Å². The Bertz CT molecular complexity index is 1110. The lowest BCUT2D eigenvalue weighted by atomic mass is 10.1. The number of hydrogen-bond acceptors (Lipinski definition) is 5. The predicted molar refractivity (Wildman–Crippen MR) is 130 cm³/mol. The topological polar surface area (TPSA) is 83.7 Å². The second kappa shape index (κ2) is 11.9. The highest BCUT2D eigenvalue weighted by Gasteiger charge is 2.13. The lowest BCUT2D eigenvalue weighted by Gasteiger charge is -2.19. The summed E-state index contributed by atoms with van der Waals surface area (Å²) < 4.78 is 11.3. The van der Waals surface area contributed by atoms with Crippen molar-refractivity contribution in [2.75, 3.05) is 33.4 Å². The van der Waals surface area contributed by atoms with E-state index in [0.717, 1.165) is 30.8 Å². The maximum absolute atomic E-state index is 12.6. The number of H-pyrrole nitrogens is 1. The third-order valence-electron chi connectivity index (χ3n) is 5.48. The quantitative estimate of drug-likeness (QED) is 0.466. The van der Waals surface area contributed by atoms with E-state index in [0.29, 0.717) is 23.8 Å². The monoisotopic (exact) mass is 449 g/mol. The van der Waals surface area contributed by atoms with E-state index in [2.05, 4.69) is 29.0 Å². The molecule has 3 rings (SSSR count). The molecule has 7 heteroatoms. The minimum Gasteiger partial charge on any atom is -0.493 e. The van der Waals surface area contributed by atoms with Crippen molar-refractivity contribution in [2.24, 2.45) is 0 Å². The van der Waals surface area contributed by atoms with Gasteiger partial charge in [-0.3, -0.25) is 9.59 Å². The van der Waals surface area contributed by atoms with E-state index in [1.807, 2.05) is 48.5 Å². The number of ether oxygens (including phenoxy) is 2. The van der Waals surface area contributed by atoms with Crippen molar-refractivity contribution < 1.29 is 14.3 Å². The number of aromatic amines is 1. The maximum atomic E-state index is 12.6. The summed E-state index contributed by atoms with van der Waals surface area (Å²) in [6, 6.07) is 18.3. The minimum absolute atomic E-state index is 0.0676. The molecule has 0 aliphatic heterocycles. The van der Waals surface area contributed by atoms with Crippen molar-refractivity contribution in [1.29, 1.82) is 0 Å². The normalized spacial score (nSPS) is 10.8. The molecule has 0 spiro atoms. The van der Waals surface area contributed by atoms with Gasteiger partial charge in [-0.1, -0.05) is 50.2 Å². The lowest BCUT2D eigenvalue weighted by Crippen LogP contribution is -2.29. The average molecular weight is 450 g/mol. The number of nitrogens with one attached hydrogen (secondary N) is 2. The standard InChI is InChI=1S/C26H31N3O4/c1-4-29(5-2)15-16-33-23-14-11-19(17-24(23)32-3)18-27-25(30)21-12-13-22(28-26(21)31)20-9-7-6-8-10-20/h6-14,17H,4-5,15-16,18H2,1-3H3,(H,27,30)(H,28,31). The van der Waals surface area contributed by atoms with Crippen LogP contribution in [0, 0.1) is 0 Å². The Hall–Kier alpha value is -3.58. The molecule has 0 radical (unpaired) electrons. The van der Waals surface area contributed by atoms with Gasteiger partial charge in [0.25, 0.3) is 11.5 Å². The summed E-state index contributed by atoms with van der Waals surface area (Å²) >= 11 is 0. The Labute approximate surface area is 194 Å². The molecule has 0 saturated carbocycles. The van der Waals surface area contributed by atoms with Crippen molar-refractivity contribution >= 4 is 5.91 Å². The van der Waals surface area contributed by atoms with Crippen LogP contribution in [0.3, 0.4) is 0 Å². The first-order chi connectivity index (χ1) is 16.0. The summed E-state index contributed by atoms with van der Waals surface area (Å²) in [5, 5.41) is 2.80. The van der Waals surface area contributed by atoms with Gasteiger partial charge in [0, 0.05) is 18.8 Å². The van der Waals surface area contributed by atoms with Crippen molar-refractivity contribution in [1.82, 2.24) is 15.2 Å². The van der Waals surface area contributed by atoms with Gasteiger partial charge < -0.3 is 24.7 Å². The molecule has 7 nitrogen and oxygen atoms in total. The van der Waals surface area contributed by atoms with E-state index in [4.69, 9.17) is 9.47 Å². The van der Waals surface area contributed by atoms with Crippen LogP contribution in [0.25, 0.3) is 11.3 Å². The Morgan fingerprint density at radius 3 is 2.42 bits per heavy atom. The van der Waals surface area contributed by atoms with Gasteiger partial charge in [0.15, 0.2) is 11.5 Å². The van der Waals surface area contributed by atoms with Crippen molar-refractivity contribution in [2.45, 2.75) is 20.4 Å². The van der Waals surface area contributed by atoms with Gasteiger partial charge in [0.05, 0.1) is 7.11 Å². The number of carbonyl (C=O) groups is 1. The molecule has 0 atom stereocenters. The number of pyridine rings is 1. The summed E-state index contributed by atoms with van der Waals surface area (Å²) in [5.41, 5.74) is 2.03. The highest BCUT2D eigenvalue weighted by atomic mass is 16.5. The summed E-state index contributed by atoms with van der Waals surface area (Å²) in [5.74, 6) is 0.827. The minimum atomic E-state index is -0.436. The number of carbonyl (C=O) groups excluding carboxylic acids is 1. The molecule has 1 heterocycles. The van der Waals surface area contributed by atoms with Crippen LogP contribution in [0.15, 0.2) is 65.5 Å². The fourth-order valence-corrected chi connectivity index (χ4v) is 3.48. The molecule has 1 aromatic heterocycles. The van der Waals surface area contributed by atoms with Crippen LogP contribution in [0.4, 0.5) is 0 Å². The number of benzene rings is 2.